The molecular formula is C60H81Br2ClFN5O13. The molecule has 2 aromatic rings. The van der Waals surface area contributed by atoms with Crippen molar-refractivity contribution in [1.29, 1.82) is 0 Å². The largest absolute Gasteiger partial charge is 0.462 e. The number of alkyl halides is 2. The van der Waals surface area contributed by atoms with E-state index in [1.54, 1.807) is 39.1 Å². The minimum Gasteiger partial charge on any atom is -0.462 e. The molecule has 2 fully saturated rings. The third-order valence-electron chi connectivity index (χ3n) is 15.8. The molecule has 0 aromatic heterocycles. The highest BCUT2D eigenvalue weighted by molar-refractivity contribution is 9.09. The van der Waals surface area contributed by atoms with E-state index in [-0.39, 0.29) is 86.1 Å². The Morgan fingerprint density at radius 2 is 1.70 bits per heavy atom. The molecule has 0 radical (unpaired) electrons. The molecule has 6 N–H and O–H groups in total. The number of ether oxygens (including phenoxy) is 4. The number of aryl methyl sites for hydroxylation is 1. The number of urea groups is 1. The smallest absolute Gasteiger partial charge is 0.412 e. The minimum absolute atomic E-state index is 0.0190. The zero-order chi connectivity index (χ0) is 60.6. The first-order valence-electron chi connectivity index (χ1n) is 28.0. The molecule has 3 aliphatic heterocycles. The first-order valence-corrected chi connectivity index (χ1v) is 30.7. The summed E-state index contributed by atoms with van der Waals surface area (Å²) in [5, 5.41) is 21.2. The molecule has 18 nitrogen and oxygen atoms in total. The van der Waals surface area contributed by atoms with Crippen LogP contribution in [0.25, 0.3) is 0 Å². The number of anilines is 2. The lowest BCUT2D eigenvalue weighted by atomic mass is 9.78. The van der Waals surface area contributed by atoms with Crippen LogP contribution in [0.15, 0.2) is 54.1 Å². The summed E-state index contributed by atoms with van der Waals surface area (Å²) >= 11 is 13.6. The second-order valence-corrected chi connectivity index (χ2v) is 24.4. The Morgan fingerprint density at radius 1 is 1.00 bits per heavy atom. The van der Waals surface area contributed by atoms with Gasteiger partial charge in [0.1, 0.15) is 46.9 Å². The molecule has 5 amide bonds. The van der Waals surface area contributed by atoms with E-state index in [0.29, 0.717) is 46.2 Å². The van der Waals surface area contributed by atoms with Gasteiger partial charge in [-0.3, -0.25) is 34.1 Å². The third-order valence-corrected chi connectivity index (χ3v) is 17.9. The van der Waals surface area contributed by atoms with Crippen LogP contribution in [-0.4, -0.2) is 125 Å². The van der Waals surface area contributed by atoms with E-state index in [1.807, 2.05) is 39.8 Å². The van der Waals surface area contributed by atoms with Crippen molar-refractivity contribution in [2.45, 2.75) is 173 Å². The first-order chi connectivity index (χ1) is 38.7. The lowest BCUT2D eigenvalue weighted by Gasteiger charge is -2.41. The molecule has 2 saturated heterocycles. The van der Waals surface area contributed by atoms with Crippen LogP contribution in [0.5, 0.6) is 0 Å². The van der Waals surface area contributed by atoms with Crippen molar-refractivity contribution >= 4 is 102 Å². The summed E-state index contributed by atoms with van der Waals surface area (Å²) in [6.45, 7) is 10.9. The normalized spacial score (nSPS) is 24.7. The average Bonchev–Trinajstić information content (AvgIpc) is 3.51. The molecule has 452 valence electrons. The van der Waals surface area contributed by atoms with Crippen LogP contribution in [0.2, 0.25) is 5.02 Å². The Bertz CT molecular complexity index is 2710. The standard InChI is InChI=1S/C60H81Br2ClFN5O13/c1-34(2)42(28-41(70)16-11-9-10-12-18-47(71)40(32-61)33-62)56(75)67-45(17-14-22-66-57(65)76)48(72)27-38-20-21-44(43(64)25-38)68-58(77)81-51-29-52(73)69(7)46-26-39(24-36(4)54(46)63)23-35(3)15-13-19-50(79-8)60(78)30-49(80-53(74)31-60)37(5)55-59(51,6)82-55/h13,15,19-21,24-26,34,37,40,42,45,49-51,55,78H,9-12,14,16-18,22-23,27-33H2,1-8H3,(H,67,75)(H,68,77)(H3,65,66,76)/b19-13+,35-15+/t37-,42+,45+,49+,50-,51+,55+,59+,60-/m1/s1. The van der Waals surface area contributed by atoms with E-state index in [9.17, 15) is 43.5 Å². The number of aliphatic hydroxyl groups is 1. The number of ketones is 3. The Morgan fingerprint density at radius 3 is 2.34 bits per heavy atom. The van der Waals surface area contributed by atoms with Crippen molar-refractivity contribution in [3.63, 3.8) is 0 Å². The van der Waals surface area contributed by atoms with Gasteiger partial charge in [-0.1, -0.05) is 113 Å². The maximum absolute atomic E-state index is 16.1. The maximum atomic E-state index is 16.1. The number of benzene rings is 2. The monoisotopic (exact) mass is 1290 g/mol. The number of allylic oxidation sites excluding steroid dienone is 3. The highest BCUT2D eigenvalue weighted by Gasteiger charge is 2.64. The summed E-state index contributed by atoms with van der Waals surface area (Å²) in [6, 6.07) is 5.60. The van der Waals surface area contributed by atoms with E-state index in [2.05, 4.69) is 47.8 Å². The van der Waals surface area contributed by atoms with Crippen LogP contribution >= 0.6 is 43.5 Å². The molecule has 0 aliphatic carbocycles. The number of halogens is 4. The molecule has 2 aromatic carbocycles. The number of primary amides is 1. The van der Waals surface area contributed by atoms with Crippen molar-refractivity contribution < 1.29 is 66.8 Å². The fourth-order valence-corrected chi connectivity index (χ4v) is 12.8. The SMILES string of the molecule is CO[C@@H]1/C=C/C=C(\C)Cc2cc(C)c(Cl)c(c2)N(C)C(=O)C[C@H](OC(=O)Nc2ccc(CC(=O)[C@H](CCCNC(N)=O)NC(=O)[C@@H](CC(=O)CCCCCCC(=O)C(CBr)CBr)C(C)C)cc2F)[C@]2(C)O[C@H]2[C@H](C)[C@@H]2C[C@@]1(O)CC(=O)O2. The molecule has 0 spiro atoms. The Balaban J connectivity index is 1.30. The van der Waals surface area contributed by atoms with Crippen LogP contribution in [0.3, 0.4) is 0 Å². The van der Waals surface area contributed by atoms with Gasteiger partial charge in [0.05, 0.1) is 41.4 Å². The molecule has 82 heavy (non-hydrogen) atoms. The number of methoxy groups -OCH3 is 1. The van der Waals surface area contributed by atoms with Crippen LogP contribution in [0.4, 0.5) is 25.4 Å². The van der Waals surface area contributed by atoms with Crippen LogP contribution in [0, 0.1) is 36.4 Å². The van der Waals surface area contributed by atoms with Gasteiger partial charge < -0.3 is 45.3 Å². The van der Waals surface area contributed by atoms with Gasteiger partial charge in [-0.25, -0.2) is 14.0 Å². The number of Topliss-reactive ketones (excluding diaryl/α,β-unsaturated/α-hetero) is 3. The molecule has 3 heterocycles. The first kappa shape index (κ1) is 67.7. The topological polar surface area (TPSA) is 262 Å². The number of nitrogens with one attached hydrogen (secondary N) is 3. The van der Waals surface area contributed by atoms with Crippen molar-refractivity contribution in [2.75, 3.05) is 41.6 Å². The molecule has 22 heteroatoms. The number of rotatable bonds is 25. The molecule has 3 aliphatic rings. The number of unbranched alkanes of at least 4 members (excludes halogenated alkanes) is 3. The van der Waals surface area contributed by atoms with Crippen molar-refractivity contribution in [3.8, 4) is 0 Å². The number of fused-ring (bicyclic) bond motifs is 5. The number of nitrogens with two attached hydrogens (primary N) is 1. The highest BCUT2D eigenvalue weighted by Crippen LogP contribution is 2.50. The lowest BCUT2D eigenvalue weighted by Crippen LogP contribution is -2.53. The average molecular weight is 1290 g/mol. The molecular weight excluding hydrogens is 1210 g/mol. The third kappa shape index (κ3) is 19.0. The van der Waals surface area contributed by atoms with Gasteiger partial charge in [0, 0.05) is 81.2 Å². The number of hydrogen-bond acceptors (Lipinski definition) is 13. The summed E-state index contributed by atoms with van der Waals surface area (Å²) in [6.07, 6.45) is 3.63. The predicted molar refractivity (Wildman–Crippen MR) is 318 cm³/mol. The molecule has 5 rings (SSSR count). The quantitative estimate of drug-likeness (QED) is 0.0269. The second-order valence-electron chi connectivity index (χ2n) is 22.7. The van der Waals surface area contributed by atoms with E-state index in [0.717, 1.165) is 36.5 Å². The number of esters is 1. The summed E-state index contributed by atoms with van der Waals surface area (Å²) in [5.41, 5.74) is 5.05. The summed E-state index contributed by atoms with van der Waals surface area (Å²) < 4.78 is 39.9. The number of epoxide rings is 1. The number of hydrogen-bond donors (Lipinski definition) is 5. The van der Waals surface area contributed by atoms with E-state index >= 15 is 4.39 Å². The van der Waals surface area contributed by atoms with Gasteiger partial charge in [0.15, 0.2) is 5.78 Å². The molecule has 9 atom stereocenters. The van der Waals surface area contributed by atoms with Crippen molar-refractivity contribution in [2.24, 2.45) is 29.4 Å². The van der Waals surface area contributed by atoms with E-state index in [4.69, 9.17) is 36.3 Å². The summed E-state index contributed by atoms with van der Waals surface area (Å²) in [5.74, 6) is -4.65. The van der Waals surface area contributed by atoms with Gasteiger partial charge in [-0.2, -0.15) is 0 Å². The minimum atomic E-state index is -1.65. The maximum Gasteiger partial charge on any atom is 0.412 e. The number of carbonyl (C=O) groups is 8. The van der Waals surface area contributed by atoms with E-state index < -0.39 is 101 Å². The van der Waals surface area contributed by atoms with Crippen LogP contribution in [0.1, 0.15) is 128 Å². The van der Waals surface area contributed by atoms with E-state index in [1.165, 1.54) is 24.1 Å². The highest BCUT2D eigenvalue weighted by atomic mass is 79.9. The predicted octanol–water partition coefficient (Wildman–Crippen LogP) is 9.65. The van der Waals surface area contributed by atoms with Gasteiger partial charge in [-0.05, 0) is 93.7 Å². The summed E-state index contributed by atoms with van der Waals surface area (Å²) in [4.78, 5) is 108. The Labute approximate surface area is 502 Å². The van der Waals surface area contributed by atoms with Gasteiger partial charge in [0.2, 0.25) is 11.8 Å². The fourth-order valence-electron chi connectivity index (χ4n) is 10.7. The number of nitrogens with zero attached hydrogens (tertiary/aromatic N) is 1. The Kier molecular flexibility index (Phi) is 25.8. The van der Waals surface area contributed by atoms with Crippen molar-refractivity contribution in [1.82, 2.24) is 10.6 Å². The zero-order valence-electron chi connectivity index (χ0n) is 48.2. The molecule has 0 saturated carbocycles. The number of amides is 5. The number of carbonyl (C=O) groups excluding carboxylic acids is 8. The van der Waals surface area contributed by atoms with Crippen molar-refractivity contribution in [3.05, 3.63) is 81.7 Å². The van der Waals surface area contributed by atoms with Gasteiger partial charge in [-0.15, -0.1) is 0 Å². The Hall–Kier alpha value is -5.06. The van der Waals surface area contributed by atoms with Crippen LogP contribution < -0.4 is 26.6 Å². The summed E-state index contributed by atoms with van der Waals surface area (Å²) in [7, 11) is 2.99. The molecule has 0 unspecified atom stereocenters. The van der Waals surface area contributed by atoms with Gasteiger partial charge >= 0.3 is 18.1 Å². The second kappa shape index (κ2) is 31.2. The lowest BCUT2D eigenvalue weighted by molar-refractivity contribution is -0.187. The zero-order valence-corrected chi connectivity index (χ0v) is 52.1. The fraction of sp³-hybridized carbons (Fsp3) is 0.600. The van der Waals surface area contributed by atoms with Crippen LogP contribution in [-0.2, 0) is 60.6 Å². The molecule has 4 bridgehead atoms. The van der Waals surface area contributed by atoms with Gasteiger partial charge in [0.25, 0.3) is 0 Å².